The van der Waals surface area contributed by atoms with Crippen LogP contribution in [0.2, 0.25) is 0 Å². The SMILES string of the molecule is c1ccc(-c2nc3ccccc3s2)c(-c2ccc(-c3ccccc3-c3nc4ccccc4s3)cc2)c1. The molecule has 0 amide bonds. The van der Waals surface area contributed by atoms with Crippen LogP contribution in [0.25, 0.3) is 63.8 Å². The summed E-state index contributed by atoms with van der Waals surface area (Å²) >= 11 is 3.49. The van der Waals surface area contributed by atoms with Crippen molar-refractivity contribution in [1.82, 2.24) is 9.97 Å². The van der Waals surface area contributed by atoms with E-state index in [-0.39, 0.29) is 0 Å². The average molecular weight is 497 g/mol. The lowest BCUT2D eigenvalue weighted by Crippen LogP contribution is -1.87. The van der Waals surface area contributed by atoms with Crippen molar-refractivity contribution in [2.45, 2.75) is 0 Å². The Kier molecular flexibility index (Phi) is 5.20. The number of aromatic nitrogens is 2. The molecule has 2 aromatic heterocycles. The van der Waals surface area contributed by atoms with Crippen molar-refractivity contribution in [2.24, 2.45) is 0 Å². The Balaban J connectivity index is 1.28. The second-order valence-electron chi connectivity index (χ2n) is 8.64. The largest absolute Gasteiger partial charge is 0.236 e. The summed E-state index contributed by atoms with van der Waals surface area (Å²) in [5, 5.41) is 2.11. The maximum atomic E-state index is 4.91. The molecule has 4 heteroatoms. The topological polar surface area (TPSA) is 25.8 Å². The predicted octanol–water partition coefficient (Wildman–Crippen LogP) is 9.57. The minimum atomic E-state index is 1.05. The van der Waals surface area contributed by atoms with Gasteiger partial charge in [0.05, 0.1) is 20.4 Å². The van der Waals surface area contributed by atoms with Crippen LogP contribution in [-0.2, 0) is 0 Å². The van der Waals surface area contributed by atoms with E-state index in [1.807, 2.05) is 12.1 Å². The van der Waals surface area contributed by atoms with Crippen molar-refractivity contribution in [3.63, 3.8) is 0 Å². The van der Waals surface area contributed by atoms with Crippen molar-refractivity contribution >= 4 is 43.1 Å². The summed E-state index contributed by atoms with van der Waals surface area (Å²) in [6, 6.07) is 42.6. The van der Waals surface area contributed by atoms with Gasteiger partial charge in [0.25, 0.3) is 0 Å². The summed E-state index contributed by atoms with van der Waals surface area (Å²) in [7, 11) is 0. The molecule has 36 heavy (non-hydrogen) atoms. The number of benzene rings is 5. The lowest BCUT2D eigenvalue weighted by molar-refractivity contribution is 1.47. The molecule has 0 radical (unpaired) electrons. The van der Waals surface area contributed by atoms with Gasteiger partial charge in [0.15, 0.2) is 0 Å². The normalized spacial score (nSPS) is 11.3. The zero-order valence-electron chi connectivity index (χ0n) is 19.3. The first-order valence-corrected chi connectivity index (χ1v) is 13.5. The summed E-state index contributed by atoms with van der Waals surface area (Å²) in [6.07, 6.45) is 0. The van der Waals surface area contributed by atoms with Crippen molar-refractivity contribution in [1.29, 1.82) is 0 Å². The van der Waals surface area contributed by atoms with Crippen LogP contribution in [0.5, 0.6) is 0 Å². The monoisotopic (exact) mass is 496 g/mol. The van der Waals surface area contributed by atoms with Crippen LogP contribution in [0, 0.1) is 0 Å². The van der Waals surface area contributed by atoms with E-state index in [9.17, 15) is 0 Å². The van der Waals surface area contributed by atoms with E-state index in [1.54, 1.807) is 22.7 Å². The molecule has 0 bridgehead atoms. The molecule has 0 unspecified atom stereocenters. The van der Waals surface area contributed by atoms with Gasteiger partial charge in [-0.05, 0) is 46.5 Å². The summed E-state index contributed by atoms with van der Waals surface area (Å²) in [5.74, 6) is 0. The van der Waals surface area contributed by atoms with E-state index in [0.717, 1.165) is 21.0 Å². The number of hydrogen-bond donors (Lipinski definition) is 0. The molecule has 0 aliphatic rings. The number of rotatable bonds is 4. The lowest BCUT2D eigenvalue weighted by Gasteiger charge is -2.11. The Labute approximate surface area is 217 Å². The van der Waals surface area contributed by atoms with E-state index < -0.39 is 0 Å². The summed E-state index contributed by atoms with van der Waals surface area (Å²) in [4.78, 5) is 9.82. The van der Waals surface area contributed by atoms with Crippen LogP contribution < -0.4 is 0 Å². The molecule has 170 valence electrons. The summed E-state index contributed by atoms with van der Waals surface area (Å²) in [6.45, 7) is 0. The minimum absolute atomic E-state index is 1.05. The molecule has 0 fully saturated rings. The van der Waals surface area contributed by atoms with Crippen molar-refractivity contribution in [3.05, 3.63) is 121 Å². The summed E-state index contributed by atoms with van der Waals surface area (Å²) in [5.41, 5.74) is 9.20. The van der Waals surface area contributed by atoms with Crippen molar-refractivity contribution in [3.8, 4) is 43.4 Å². The van der Waals surface area contributed by atoms with Crippen LogP contribution in [0.3, 0.4) is 0 Å². The van der Waals surface area contributed by atoms with Gasteiger partial charge < -0.3 is 0 Å². The fourth-order valence-electron chi connectivity index (χ4n) is 4.65. The van der Waals surface area contributed by atoms with E-state index >= 15 is 0 Å². The molecule has 0 saturated carbocycles. The first-order valence-electron chi connectivity index (χ1n) is 11.8. The van der Waals surface area contributed by atoms with Gasteiger partial charge in [-0.3, -0.25) is 0 Å². The Morgan fingerprint density at radius 3 is 1.14 bits per heavy atom. The molecule has 2 nitrogen and oxygen atoms in total. The first kappa shape index (κ1) is 21.2. The average Bonchev–Trinajstić information content (AvgIpc) is 3.58. The molecule has 7 aromatic rings. The highest BCUT2D eigenvalue weighted by Gasteiger charge is 2.14. The maximum Gasteiger partial charge on any atom is 0.125 e. The van der Waals surface area contributed by atoms with Crippen molar-refractivity contribution < 1.29 is 0 Å². The quantitative estimate of drug-likeness (QED) is 0.242. The third-order valence-electron chi connectivity index (χ3n) is 6.41. The highest BCUT2D eigenvalue weighted by Crippen LogP contribution is 2.39. The van der Waals surface area contributed by atoms with Gasteiger partial charge in [-0.2, -0.15) is 0 Å². The molecular weight excluding hydrogens is 477 g/mol. The lowest BCUT2D eigenvalue weighted by atomic mass is 9.95. The smallest absolute Gasteiger partial charge is 0.125 e. The highest BCUT2D eigenvalue weighted by atomic mass is 32.1. The number of thiazole rings is 2. The highest BCUT2D eigenvalue weighted by molar-refractivity contribution is 7.22. The molecule has 0 N–H and O–H groups in total. The number of para-hydroxylation sites is 2. The second-order valence-corrected chi connectivity index (χ2v) is 10.7. The maximum absolute atomic E-state index is 4.91. The Bertz CT molecular complexity index is 1640. The molecule has 0 aliphatic heterocycles. The number of nitrogens with zero attached hydrogens (tertiary/aromatic N) is 2. The van der Waals surface area contributed by atoms with Gasteiger partial charge in [0, 0.05) is 11.1 Å². The molecule has 0 atom stereocenters. The molecule has 2 heterocycles. The third-order valence-corrected chi connectivity index (χ3v) is 8.55. The zero-order valence-corrected chi connectivity index (χ0v) is 20.9. The fourth-order valence-corrected chi connectivity index (χ4v) is 6.66. The Morgan fingerprint density at radius 1 is 0.361 bits per heavy atom. The van der Waals surface area contributed by atoms with E-state index in [2.05, 4.69) is 109 Å². The Hall–Kier alpha value is -4.12. The molecular formula is C32H20N2S2. The Morgan fingerprint density at radius 2 is 0.722 bits per heavy atom. The fraction of sp³-hybridized carbons (Fsp3) is 0. The molecule has 7 rings (SSSR count). The van der Waals surface area contributed by atoms with Gasteiger partial charge in [-0.1, -0.05) is 97.1 Å². The molecule has 0 saturated heterocycles. The molecule has 5 aromatic carbocycles. The van der Waals surface area contributed by atoms with Crippen LogP contribution >= 0.6 is 22.7 Å². The van der Waals surface area contributed by atoms with Gasteiger partial charge >= 0.3 is 0 Å². The van der Waals surface area contributed by atoms with Gasteiger partial charge in [-0.15, -0.1) is 22.7 Å². The van der Waals surface area contributed by atoms with Crippen molar-refractivity contribution in [2.75, 3.05) is 0 Å². The number of hydrogen-bond acceptors (Lipinski definition) is 4. The summed E-state index contributed by atoms with van der Waals surface area (Å²) < 4.78 is 2.42. The molecule has 0 spiro atoms. The van der Waals surface area contributed by atoms with Crippen LogP contribution in [0.1, 0.15) is 0 Å². The minimum Gasteiger partial charge on any atom is -0.236 e. The third kappa shape index (κ3) is 3.72. The molecule has 0 aliphatic carbocycles. The van der Waals surface area contributed by atoms with Crippen LogP contribution in [0.15, 0.2) is 121 Å². The van der Waals surface area contributed by atoms with Crippen LogP contribution in [-0.4, -0.2) is 9.97 Å². The first-order chi connectivity index (χ1) is 17.8. The van der Waals surface area contributed by atoms with Gasteiger partial charge in [0.1, 0.15) is 10.0 Å². The van der Waals surface area contributed by atoms with Gasteiger partial charge in [0.2, 0.25) is 0 Å². The predicted molar refractivity (Wildman–Crippen MR) is 155 cm³/mol. The zero-order chi connectivity index (χ0) is 23.9. The second kappa shape index (κ2) is 8.83. The van der Waals surface area contributed by atoms with E-state index in [0.29, 0.717) is 0 Å². The standard InChI is InChI=1S/C32H20N2S2/c1-3-11-25(31-33-27-13-5-7-15-29(27)35-31)23(9-1)21-17-19-22(20-18-21)24-10-2-4-12-26(24)32-34-28-14-6-8-16-30(28)36-32/h1-20H. The van der Waals surface area contributed by atoms with Crippen LogP contribution in [0.4, 0.5) is 0 Å². The van der Waals surface area contributed by atoms with E-state index in [1.165, 1.54) is 42.8 Å². The van der Waals surface area contributed by atoms with E-state index in [4.69, 9.17) is 9.97 Å². The van der Waals surface area contributed by atoms with Gasteiger partial charge in [-0.25, -0.2) is 9.97 Å². The number of fused-ring (bicyclic) bond motifs is 2.